The second-order valence-electron chi connectivity index (χ2n) is 10.4. The molecule has 2 atom stereocenters. The van der Waals surface area contributed by atoms with Crippen LogP contribution in [0.15, 0.2) is 20.5 Å². The van der Waals surface area contributed by atoms with E-state index in [4.69, 9.17) is 4.99 Å². The first-order valence-electron chi connectivity index (χ1n) is 11.7. The minimum atomic E-state index is -0.241. The van der Waals surface area contributed by atoms with Crippen molar-refractivity contribution in [3.05, 3.63) is 10.5 Å². The van der Waals surface area contributed by atoms with Gasteiger partial charge in [0.2, 0.25) is 5.91 Å². The number of fused-ring (bicyclic) bond motifs is 2. The molecule has 5 nitrogen and oxygen atoms in total. The van der Waals surface area contributed by atoms with Crippen molar-refractivity contribution in [1.82, 2.24) is 5.32 Å². The number of carbonyl (C=O) groups excluding carboxylic acids is 2. The van der Waals surface area contributed by atoms with E-state index in [-0.39, 0.29) is 23.1 Å². The molecule has 1 fully saturated rings. The van der Waals surface area contributed by atoms with Gasteiger partial charge in [-0.2, -0.15) is 4.99 Å². The van der Waals surface area contributed by atoms with Crippen molar-refractivity contribution in [2.75, 3.05) is 0 Å². The molecule has 0 radical (unpaired) electrons. The highest BCUT2D eigenvalue weighted by Crippen LogP contribution is 2.52. The van der Waals surface area contributed by atoms with Crippen LogP contribution in [0.3, 0.4) is 0 Å². The number of hydrogen-bond acceptors (Lipinski definition) is 4. The molecule has 4 rings (SSSR count). The minimum Gasteiger partial charge on any atom is -0.353 e. The summed E-state index contributed by atoms with van der Waals surface area (Å²) in [6.07, 6.45) is 11.1. The predicted octanol–water partition coefficient (Wildman–Crippen LogP) is 5.41. The van der Waals surface area contributed by atoms with Crippen LogP contribution in [-0.4, -0.2) is 28.7 Å². The van der Waals surface area contributed by atoms with Gasteiger partial charge in [0.05, 0.1) is 5.04 Å². The minimum absolute atomic E-state index is 0.0592. The Bertz CT molecular complexity index is 798. The number of allylic oxidation sites excluding steroid dienone is 1. The van der Waals surface area contributed by atoms with Gasteiger partial charge in [0.1, 0.15) is 11.8 Å². The maximum atomic E-state index is 12.8. The Balaban J connectivity index is 1.34. The highest BCUT2D eigenvalue weighted by atomic mass is 32.2. The maximum Gasteiger partial charge on any atom is 0.261 e. The number of nitrogens with zero attached hydrogens (tertiary/aromatic N) is 2. The summed E-state index contributed by atoms with van der Waals surface area (Å²) < 4.78 is 0. The zero-order valence-corrected chi connectivity index (χ0v) is 19.4. The third-order valence-corrected chi connectivity index (χ3v) is 8.33. The summed E-state index contributed by atoms with van der Waals surface area (Å²) >= 11 is 1.70. The molecule has 1 N–H and O–H groups in total. The standard InChI is InChI=1S/C24H35N3O2S/c1-24(2,3)15-10-11-17-18(14-15)30-23-21(17)22(29)26-19(27-23)12-13-20(28)25-16-8-6-4-5-7-9-16/h15-16,21H,4-14H2,1-3H3,(H,25,28). The molecule has 0 aromatic rings. The summed E-state index contributed by atoms with van der Waals surface area (Å²) in [5.41, 5.74) is 1.54. The van der Waals surface area contributed by atoms with Gasteiger partial charge in [-0.25, -0.2) is 4.99 Å². The van der Waals surface area contributed by atoms with Crippen molar-refractivity contribution < 1.29 is 9.59 Å². The normalized spacial score (nSPS) is 27.8. The number of amides is 2. The van der Waals surface area contributed by atoms with Gasteiger partial charge in [0.15, 0.2) is 0 Å². The zero-order chi connectivity index (χ0) is 21.3. The lowest BCUT2D eigenvalue weighted by Gasteiger charge is -2.34. The van der Waals surface area contributed by atoms with E-state index in [2.05, 4.69) is 31.1 Å². The summed E-state index contributed by atoms with van der Waals surface area (Å²) in [5.74, 6) is 0.916. The Labute approximate surface area is 184 Å². The van der Waals surface area contributed by atoms with Crippen LogP contribution < -0.4 is 5.32 Å². The highest BCUT2D eigenvalue weighted by Gasteiger charge is 2.43. The van der Waals surface area contributed by atoms with Crippen molar-refractivity contribution in [2.45, 2.75) is 97.4 Å². The fraction of sp³-hybridized carbons (Fsp3) is 0.750. The lowest BCUT2D eigenvalue weighted by Crippen LogP contribution is -2.34. The molecule has 0 aromatic carbocycles. The molecule has 0 spiro atoms. The van der Waals surface area contributed by atoms with E-state index in [1.54, 1.807) is 11.8 Å². The van der Waals surface area contributed by atoms with Gasteiger partial charge in [0.25, 0.3) is 5.91 Å². The number of nitrogens with one attached hydrogen (secondary N) is 1. The number of thioether (sulfide) groups is 1. The van der Waals surface area contributed by atoms with Crippen LogP contribution in [0.25, 0.3) is 0 Å². The van der Waals surface area contributed by atoms with Crippen LogP contribution in [0.1, 0.15) is 91.4 Å². The molecule has 0 bridgehead atoms. The Kier molecular flexibility index (Phi) is 6.52. The van der Waals surface area contributed by atoms with Crippen LogP contribution >= 0.6 is 11.8 Å². The first kappa shape index (κ1) is 21.8. The average molecular weight is 430 g/mol. The summed E-state index contributed by atoms with van der Waals surface area (Å²) in [5, 5.41) is 4.07. The summed E-state index contributed by atoms with van der Waals surface area (Å²) in [6, 6.07) is 0.308. The van der Waals surface area contributed by atoms with Crippen LogP contribution in [-0.2, 0) is 9.59 Å². The van der Waals surface area contributed by atoms with E-state index >= 15 is 0 Å². The van der Waals surface area contributed by atoms with E-state index in [9.17, 15) is 9.59 Å². The molecule has 2 heterocycles. The molecule has 1 saturated carbocycles. The molecule has 4 aliphatic rings. The third-order valence-electron chi connectivity index (χ3n) is 7.12. The highest BCUT2D eigenvalue weighted by molar-refractivity contribution is 8.17. The van der Waals surface area contributed by atoms with Crippen molar-refractivity contribution in [3.8, 4) is 0 Å². The van der Waals surface area contributed by atoms with Gasteiger partial charge in [0, 0.05) is 18.9 Å². The molecule has 2 aliphatic carbocycles. The molecule has 164 valence electrons. The molecular formula is C24H35N3O2S. The van der Waals surface area contributed by atoms with Crippen molar-refractivity contribution in [1.29, 1.82) is 0 Å². The largest absolute Gasteiger partial charge is 0.353 e. The molecule has 2 aliphatic heterocycles. The number of hydrogen-bond donors (Lipinski definition) is 1. The topological polar surface area (TPSA) is 70.9 Å². The summed E-state index contributed by atoms with van der Waals surface area (Å²) in [4.78, 5) is 35.6. The molecule has 0 aromatic heterocycles. The van der Waals surface area contributed by atoms with E-state index in [0.29, 0.717) is 30.6 Å². The lowest BCUT2D eigenvalue weighted by atomic mass is 9.71. The third kappa shape index (κ3) is 4.90. The molecule has 2 amide bonds. The molecule has 2 unspecified atom stereocenters. The Hall–Kier alpha value is -1.43. The van der Waals surface area contributed by atoms with Crippen molar-refractivity contribution >= 4 is 34.5 Å². The van der Waals surface area contributed by atoms with Gasteiger partial charge in [-0.15, -0.1) is 0 Å². The Morgan fingerprint density at radius 3 is 2.53 bits per heavy atom. The molecular weight excluding hydrogens is 394 g/mol. The average Bonchev–Trinajstić information content (AvgIpc) is 2.86. The van der Waals surface area contributed by atoms with Gasteiger partial charge in [-0.1, -0.05) is 58.2 Å². The number of amidine groups is 1. The fourth-order valence-corrected chi connectivity index (χ4v) is 6.56. The fourth-order valence-electron chi connectivity index (χ4n) is 5.16. The Morgan fingerprint density at radius 1 is 1.10 bits per heavy atom. The second-order valence-corrected chi connectivity index (χ2v) is 11.5. The maximum absolute atomic E-state index is 12.8. The predicted molar refractivity (Wildman–Crippen MR) is 124 cm³/mol. The number of aliphatic imine (C=N–C) groups is 2. The SMILES string of the molecule is CC(C)(C)C1CCC2=C(C1)SC1=NC(CCC(=O)NC3CCCCCC3)=NC(=O)C12. The quantitative estimate of drug-likeness (QED) is 0.608. The lowest BCUT2D eigenvalue weighted by molar-refractivity contribution is -0.122. The molecule has 0 saturated heterocycles. The van der Waals surface area contributed by atoms with Gasteiger partial charge in [-0.05, 0) is 53.9 Å². The van der Waals surface area contributed by atoms with E-state index in [0.717, 1.165) is 37.1 Å². The molecule has 6 heteroatoms. The van der Waals surface area contributed by atoms with Crippen LogP contribution in [0.2, 0.25) is 0 Å². The van der Waals surface area contributed by atoms with Crippen molar-refractivity contribution in [2.24, 2.45) is 27.2 Å². The van der Waals surface area contributed by atoms with Gasteiger partial charge >= 0.3 is 0 Å². The van der Waals surface area contributed by atoms with Crippen molar-refractivity contribution in [3.63, 3.8) is 0 Å². The smallest absolute Gasteiger partial charge is 0.261 e. The first-order valence-corrected chi connectivity index (χ1v) is 12.5. The zero-order valence-electron chi connectivity index (χ0n) is 18.6. The first-order chi connectivity index (χ1) is 14.3. The number of rotatable bonds is 4. The number of carbonyl (C=O) groups is 2. The Morgan fingerprint density at radius 2 is 1.83 bits per heavy atom. The summed E-state index contributed by atoms with van der Waals surface area (Å²) in [6.45, 7) is 6.92. The van der Waals surface area contributed by atoms with Crippen LogP contribution in [0.5, 0.6) is 0 Å². The summed E-state index contributed by atoms with van der Waals surface area (Å²) in [7, 11) is 0. The van der Waals surface area contributed by atoms with E-state index < -0.39 is 0 Å². The van der Waals surface area contributed by atoms with E-state index in [1.807, 2.05) is 0 Å². The monoisotopic (exact) mass is 429 g/mol. The molecule has 30 heavy (non-hydrogen) atoms. The van der Waals surface area contributed by atoms with Gasteiger partial charge < -0.3 is 5.32 Å². The van der Waals surface area contributed by atoms with Crippen LogP contribution in [0.4, 0.5) is 0 Å². The second kappa shape index (κ2) is 8.97. The van der Waals surface area contributed by atoms with E-state index in [1.165, 1.54) is 36.2 Å². The van der Waals surface area contributed by atoms with Gasteiger partial charge in [-0.3, -0.25) is 9.59 Å². The van der Waals surface area contributed by atoms with Crippen LogP contribution in [0, 0.1) is 17.3 Å².